The van der Waals surface area contributed by atoms with Gasteiger partial charge in [-0.3, -0.25) is 4.79 Å². The van der Waals surface area contributed by atoms with Gasteiger partial charge in [0.1, 0.15) is 0 Å². The van der Waals surface area contributed by atoms with Gasteiger partial charge in [0.25, 0.3) is 0 Å². The molecule has 2 atom stereocenters. The molecule has 1 saturated carbocycles. The highest BCUT2D eigenvalue weighted by molar-refractivity contribution is 5.71. The summed E-state index contributed by atoms with van der Waals surface area (Å²) in [5, 5.41) is 12.5. The molecule has 118 valence electrons. The Hall–Kier alpha value is -1.75. The van der Waals surface area contributed by atoms with Gasteiger partial charge in [0.15, 0.2) is 11.5 Å². The lowest BCUT2D eigenvalue weighted by Gasteiger charge is -2.17. The van der Waals surface area contributed by atoms with Gasteiger partial charge in [-0.2, -0.15) is 0 Å². The zero-order valence-electron chi connectivity index (χ0n) is 12.7. The van der Waals surface area contributed by atoms with E-state index < -0.39 is 5.97 Å². The van der Waals surface area contributed by atoms with Gasteiger partial charge in [0.05, 0.1) is 19.1 Å². The van der Waals surface area contributed by atoms with E-state index in [1.165, 1.54) is 12.8 Å². The number of hydrogen-bond donors (Lipinski definition) is 2. The number of carbonyl (C=O) groups is 1. The van der Waals surface area contributed by atoms with Crippen molar-refractivity contribution < 1.29 is 19.4 Å². The lowest BCUT2D eigenvalue weighted by atomic mass is 9.96. The van der Waals surface area contributed by atoms with Gasteiger partial charge in [0.2, 0.25) is 0 Å². The van der Waals surface area contributed by atoms with E-state index in [0.29, 0.717) is 13.0 Å². The summed E-state index contributed by atoms with van der Waals surface area (Å²) >= 11 is 0. The maximum Gasteiger partial charge on any atom is 0.307 e. The first-order chi connectivity index (χ1) is 10.6. The zero-order chi connectivity index (χ0) is 15.3. The first-order valence-electron chi connectivity index (χ1n) is 7.93. The fourth-order valence-electron chi connectivity index (χ4n) is 3.41. The Morgan fingerprint density at radius 3 is 2.55 bits per heavy atom. The van der Waals surface area contributed by atoms with Crippen molar-refractivity contribution in [1.29, 1.82) is 0 Å². The molecular formula is C17H21NO4. The number of rotatable bonds is 2. The third-order valence-electron chi connectivity index (χ3n) is 5.21. The molecule has 2 heterocycles. The Morgan fingerprint density at radius 1 is 1.27 bits per heavy atom. The molecule has 2 unspecified atom stereocenters. The Morgan fingerprint density at radius 2 is 1.95 bits per heavy atom. The maximum atomic E-state index is 11.1. The zero-order valence-corrected chi connectivity index (χ0v) is 12.7. The molecule has 2 N–H and O–H groups in total. The lowest BCUT2D eigenvalue weighted by Crippen LogP contribution is -2.17. The van der Waals surface area contributed by atoms with Crippen LogP contribution in [-0.4, -0.2) is 30.8 Å². The molecule has 0 aromatic heterocycles. The van der Waals surface area contributed by atoms with Crippen molar-refractivity contribution >= 4 is 5.97 Å². The van der Waals surface area contributed by atoms with Crippen molar-refractivity contribution in [3.05, 3.63) is 23.3 Å². The average Bonchev–Trinajstić information content (AvgIpc) is 3.14. The molecular weight excluding hydrogens is 282 g/mol. The fourth-order valence-corrected chi connectivity index (χ4v) is 3.41. The van der Waals surface area contributed by atoms with E-state index in [2.05, 4.69) is 5.32 Å². The Bertz CT molecular complexity index is 623. The summed E-state index contributed by atoms with van der Waals surface area (Å²) in [5.41, 5.74) is 2.48. The van der Waals surface area contributed by atoms with Gasteiger partial charge in [-0.05, 0) is 49.4 Å². The van der Waals surface area contributed by atoms with Gasteiger partial charge in [0, 0.05) is 18.0 Å². The number of aryl methyl sites for hydroxylation is 1. The minimum atomic E-state index is -0.724. The van der Waals surface area contributed by atoms with Crippen LogP contribution in [0.2, 0.25) is 0 Å². The number of aliphatic carboxylic acids is 1. The number of carboxylic acid groups (broad SMARTS) is 1. The van der Waals surface area contributed by atoms with Crippen molar-refractivity contribution in [1.82, 2.24) is 5.32 Å². The van der Waals surface area contributed by atoms with Crippen LogP contribution < -0.4 is 14.8 Å². The van der Waals surface area contributed by atoms with Crippen molar-refractivity contribution in [3.63, 3.8) is 0 Å². The van der Waals surface area contributed by atoms with Crippen molar-refractivity contribution in [2.45, 2.75) is 32.2 Å². The lowest BCUT2D eigenvalue weighted by molar-refractivity contribution is -0.141. The quantitative estimate of drug-likeness (QED) is 0.877. The Balaban J connectivity index is 1.59. The predicted molar refractivity (Wildman–Crippen MR) is 80.3 cm³/mol. The second-order valence-electron chi connectivity index (χ2n) is 6.96. The normalized spacial score (nSPS) is 28.4. The van der Waals surface area contributed by atoms with Crippen LogP contribution in [0.25, 0.3) is 0 Å². The highest BCUT2D eigenvalue weighted by atomic mass is 16.5. The van der Waals surface area contributed by atoms with E-state index in [4.69, 9.17) is 14.6 Å². The summed E-state index contributed by atoms with van der Waals surface area (Å²) in [6.07, 6.45) is 2.98. The molecule has 3 aliphatic rings. The minimum absolute atomic E-state index is 0.0770. The summed E-state index contributed by atoms with van der Waals surface area (Å²) in [7, 11) is 0. The van der Waals surface area contributed by atoms with E-state index in [0.717, 1.165) is 35.8 Å². The number of benzene rings is 1. The number of nitrogens with one attached hydrogen (secondary N) is 1. The van der Waals surface area contributed by atoms with E-state index in [1.54, 1.807) is 0 Å². The van der Waals surface area contributed by atoms with Crippen molar-refractivity contribution in [3.8, 4) is 11.5 Å². The highest BCUT2D eigenvalue weighted by Gasteiger charge is 2.46. The standard InChI is InChI=1S/C17H21NO4/c1-10-4-14-15(22-9-17(2-3-17)8-21-14)6-12(10)13-5-11(7-18-13)16(19)20/h4,6,11,13,18H,2-3,5,7-9H2,1H3,(H,19,20). The van der Waals surface area contributed by atoms with Crippen LogP contribution >= 0.6 is 0 Å². The van der Waals surface area contributed by atoms with Crippen LogP contribution in [0.5, 0.6) is 11.5 Å². The SMILES string of the molecule is Cc1cc2c(cc1C1CC(C(=O)O)CN1)OCC1(CC1)CO2. The van der Waals surface area contributed by atoms with Crippen molar-refractivity contribution in [2.75, 3.05) is 19.8 Å². The third-order valence-corrected chi connectivity index (χ3v) is 5.21. The highest BCUT2D eigenvalue weighted by Crippen LogP contribution is 2.49. The first-order valence-corrected chi connectivity index (χ1v) is 7.93. The molecule has 4 rings (SSSR count). The largest absolute Gasteiger partial charge is 0.489 e. The van der Waals surface area contributed by atoms with Gasteiger partial charge in [-0.15, -0.1) is 0 Å². The molecule has 1 aliphatic carbocycles. The molecule has 0 bridgehead atoms. The smallest absolute Gasteiger partial charge is 0.307 e. The molecule has 5 heteroatoms. The molecule has 2 aliphatic heterocycles. The number of fused-ring (bicyclic) bond motifs is 1. The Labute approximate surface area is 129 Å². The van der Waals surface area contributed by atoms with Crippen LogP contribution in [0.3, 0.4) is 0 Å². The fraction of sp³-hybridized carbons (Fsp3) is 0.588. The summed E-state index contributed by atoms with van der Waals surface area (Å²) in [5.74, 6) is 0.579. The van der Waals surface area contributed by atoms with Gasteiger partial charge >= 0.3 is 5.97 Å². The summed E-state index contributed by atoms with van der Waals surface area (Å²) < 4.78 is 11.9. The van der Waals surface area contributed by atoms with Gasteiger partial charge in [-0.1, -0.05) is 0 Å². The van der Waals surface area contributed by atoms with Crippen LogP contribution in [-0.2, 0) is 4.79 Å². The molecule has 1 aromatic carbocycles. The number of carboxylic acids is 1. The summed E-state index contributed by atoms with van der Waals surface area (Å²) in [4.78, 5) is 11.1. The molecule has 1 spiro atoms. The molecule has 0 amide bonds. The van der Waals surface area contributed by atoms with Gasteiger partial charge < -0.3 is 19.9 Å². The van der Waals surface area contributed by atoms with Gasteiger partial charge in [-0.25, -0.2) is 0 Å². The van der Waals surface area contributed by atoms with Crippen LogP contribution in [0.1, 0.15) is 36.4 Å². The van der Waals surface area contributed by atoms with Crippen molar-refractivity contribution in [2.24, 2.45) is 11.3 Å². The first kappa shape index (κ1) is 13.9. The topological polar surface area (TPSA) is 67.8 Å². The summed E-state index contributed by atoms with van der Waals surface area (Å²) in [6, 6.07) is 4.14. The van der Waals surface area contributed by atoms with E-state index in [1.807, 2.05) is 19.1 Å². The van der Waals surface area contributed by atoms with E-state index in [-0.39, 0.29) is 17.4 Å². The molecule has 1 saturated heterocycles. The van der Waals surface area contributed by atoms with E-state index in [9.17, 15) is 4.79 Å². The average molecular weight is 303 g/mol. The van der Waals surface area contributed by atoms with Crippen LogP contribution in [0.4, 0.5) is 0 Å². The minimum Gasteiger partial charge on any atom is -0.489 e. The number of ether oxygens (including phenoxy) is 2. The predicted octanol–water partition coefficient (Wildman–Crippen LogP) is 2.28. The molecule has 1 aromatic rings. The second-order valence-corrected chi connectivity index (χ2v) is 6.96. The number of hydrogen-bond acceptors (Lipinski definition) is 4. The summed E-state index contributed by atoms with van der Waals surface area (Å²) in [6.45, 7) is 4.03. The Kier molecular flexibility index (Phi) is 3.08. The molecule has 0 radical (unpaired) electrons. The maximum absolute atomic E-state index is 11.1. The molecule has 2 fully saturated rings. The molecule has 5 nitrogen and oxygen atoms in total. The second kappa shape index (κ2) is 4.88. The molecule has 22 heavy (non-hydrogen) atoms. The van der Waals surface area contributed by atoms with Crippen LogP contribution in [0.15, 0.2) is 12.1 Å². The monoisotopic (exact) mass is 303 g/mol. The van der Waals surface area contributed by atoms with Crippen LogP contribution in [0, 0.1) is 18.3 Å². The third kappa shape index (κ3) is 2.33. The van der Waals surface area contributed by atoms with E-state index >= 15 is 0 Å².